The molecule has 1 aliphatic rings. The number of nitrogens with one attached hydrogen (secondary N) is 1. The predicted octanol–water partition coefficient (Wildman–Crippen LogP) is 0.499. The zero-order chi connectivity index (χ0) is 11.1. The Balaban J connectivity index is 3.03. The Kier molecular flexibility index (Phi) is 2.35. The number of urea groups is 1. The third-order valence-corrected chi connectivity index (χ3v) is 2.09. The van der Waals surface area contributed by atoms with E-state index in [1.165, 1.54) is 6.92 Å². The second-order valence-electron chi connectivity index (χ2n) is 4.36. The Morgan fingerprint density at radius 1 is 1.21 bits per heavy atom. The van der Waals surface area contributed by atoms with Crippen molar-refractivity contribution in [2.24, 2.45) is 5.92 Å². The van der Waals surface area contributed by atoms with E-state index in [0.29, 0.717) is 0 Å². The van der Waals surface area contributed by atoms with Crippen LogP contribution in [0.25, 0.3) is 0 Å². The highest BCUT2D eigenvalue weighted by Crippen LogP contribution is 2.20. The van der Waals surface area contributed by atoms with Crippen LogP contribution in [0.5, 0.6) is 0 Å². The number of nitrogens with zero attached hydrogens (tertiary/aromatic N) is 1. The largest absolute Gasteiger partial charge is 0.331 e. The van der Waals surface area contributed by atoms with Crippen molar-refractivity contribution in [3.05, 3.63) is 0 Å². The summed E-state index contributed by atoms with van der Waals surface area (Å²) < 4.78 is 0. The van der Waals surface area contributed by atoms with Crippen LogP contribution < -0.4 is 5.32 Å². The van der Waals surface area contributed by atoms with E-state index in [2.05, 4.69) is 5.32 Å². The summed E-state index contributed by atoms with van der Waals surface area (Å²) in [7, 11) is 0. The number of carbonyl (C=O) groups is 3. The van der Waals surface area contributed by atoms with Gasteiger partial charge in [0.25, 0.3) is 0 Å². The maximum atomic E-state index is 11.6. The van der Waals surface area contributed by atoms with Gasteiger partial charge in [-0.2, -0.15) is 0 Å². The van der Waals surface area contributed by atoms with Crippen LogP contribution in [0.4, 0.5) is 4.79 Å². The fraction of sp³-hybridized carbons (Fsp3) is 0.667. The van der Waals surface area contributed by atoms with Crippen LogP contribution in [0, 0.1) is 5.92 Å². The van der Waals surface area contributed by atoms with Crippen molar-refractivity contribution in [3.63, 3.8) is 0 Å². The van der Waals surface area contributed by atoms with E-state index >= 15 is 0 Å². The minimum absolute atomic E-state index is 0.439. The highest BCUT2D eigenvalue weighted by molar-refractivity contribution is 6.16. The molecule has 1 aliphatic heterocycles. The van der Waals surface area contributed by atoms with Gasteiger partial charge in [0.1, 0.15) is 5.92 Å². The summed E-state index contributed by atoms with van der Waals surface area (Å²) in [6.45, 7) is 6.72. The molecular weight excluding hydrogens is 184 g/mol. The number of rotatable bonds is 0. The van der Waals surface area contributed by atoms with Crippen molar-refractivity contribution in [2.75, 3.05) is 0 Å². The lowest BCUT2D eigenvalue weighted by Gasteiger charge is -2.37. The van der Waals surface area contributed by atoms with Crippen LogP contribution in [-0.2, 0) is 9.59 Å². The lowest BCUT2D eigenvalue weighted by Crippen LogP contribution is -2.62. The Morgan fingerprint density at radius 3 is 2.14 bits per heavy atom. The van der Waals surface area contributed by atoms with Crippen molar-refractivity contribution >= 4 is 17.8 Å². The molecule has 1 saturated heterocycles. The Morgan fingerprint density at radius 2 is 1.71 bits per heavy atom. The summed E-state index contributed by atoms with van der Waals surface area (Å²) in [6, 6.07) is -0.634. The first kappa shape index (κ1) is 10.7. The molecule has 1 N–H and O–H groups in total. The highest BCUT2D eigenvalue weighted by atomic mass is 16.2. The van der Waals surface area contributed by atoms with Crippen LogP contribution in [0.1, 0.15) is 27.7 Å². The SMILES string of the molecule is CC1C(=O)NC(=O)N(C(C)(C)C)C1=O. The molecule has 0 radical (unpaired) electrons. The van der Waals surface area contributed by atoms with Crippen molar-refractivity contribution in [2.45, 2.75) is 33.2 Å². The van der Waals surface area contributed by atoms with E-state index < -0.39 is 29.3 Å². The first-order chi connectivity index (χ1) is 6.25. The van der Waals surface area contributed by atoms with Gasteiger partial charge in [0.2, 0.25) is 11.8 Å². The van der Waals surface area contributed by atoms with Gasteiger partial charge in [-0.05, 0) is 27.7 Å². The summed E-state index contributed by atoms with van der Waals surface area (Å²) >= 11 is 0. The zero-order valence-corrected chi connectivity index (χ0v) is 8.75. The van der Waals surface area contributed by atoms with Crippen LogP contribution in [-0.4, -0.2) is 28.3 Å². The maximum absolute atomic E-state index is 11.6. The van der Waals surface area contributed by atoms with Gasteiger partial charge in [0.05, 0.1) is 0 Å². The number of imide groups is 2. The molecule has 0 spiro atoms. The number of amides is 4. The van der Waals surface area contributed by atoms with Crippen molar-refractivity contribution in [3.8, 4) is 0 Å². The maximum Gasteiger partial charge on any atom is 0.331 e. The van der Waals surface area contributed by atoms with E-state index in [0.717, 1.165) is 4.90 Å². The molecule has 1 rings (SSSR count). The third kappa shape index (κ3) is 1.62. The summed E-state index contributed by atoms with van der Waals surface area (Å²) in [5.41, 5.74) is -0.601. The summed E-state index contributed by atoms with van der Waals surface area (Å²) in [4.78, 5) is 35.2. The standard InChI is InChI=1S/C9H14N2O3/c1-5-6(12)10-8(14)11(7(5)13)9(2,3)4/h5H,1-4H3,(H,10,12,14). The molecule has 1 unspecified atom stereocenters. The van der Waals surface area contributed by atoms with Gasteiger partial charge >= 0.3 is 6.03 Å². The fourth-order valence-corrected chi connectivity index (χ4v) is 1.31. The molecule has 1 heterocycles. The average Bonchev–Trinajstić information content (AvgIpc) is 1.97. The third-order valence-electron chi connectivity index (χ3n) is 2.09. The average molecular weight is 198 g/mol. The van der Waals surface area contributed by atoms with Gasteiger partial charge in [-0.1, -0.05) is 0 Å². The van der Waals surface area contributed by atoms with Crippen molar-refractivity contribution in [1.29, 1.82) is 0 Å². The van der Waals surface area contributed by atoms with Crippen LogP contribution in [0.2, 0.25) is 0 Å². The monoisotopic (exact) mass is 198 g/mol. The summed E-state index contributed by atoms with van der Waals surface area (Å²) in [5, 5.41) is 2.14. The van der Waals surface area contributed by atoms with Crippen LogP contribution in [0.3, 0.4) is 0 Å². The van der Waals surface area contributed by atoms with E-state index in [-0.39, 0.29) is 0 Å². The van der Waals surface area contributed by atoms with Crippen molar-refractivity contribution < 1.29 is 14.4 Å². The molecule has 0 bridgehead atoms. The number of carbonyl (C=O) groups excluding carboxylic acids is 3. The molecule has 1 atom stereocenters. The number of hydrogen-bond acceptors (Lipinski definition) is 3. The molecule has 0 aromatic rings. The Bertz CT molecular complexity index is 304. The van der Waals surface area contributed by atoms with Crippen LogP contribution in [0.15, 0.2) is 0 Å². The van der Waals surface area contributed by atoms with E-state index in [1.54, 1.807) is 20.8 Å². The topological polar surface area (TPSA) is 66.5 Å². The smallest absolute Gasteiger partial charge is 0.277 e. The first-order valence-electron chi connectivity index (χ1n) is 4.44. The molecule has 4 amide bonds. The molecule has 0 saturated carbocycles. The van der Waals surface area contributed by atoms with E-state index in [1.807, 2.05) is 0 Å². The van der Waals surface area contributed by atoms with Gasteiger partial charge in [0, 0.05) is 5.54 Å². The van der Waals surface area contributed by atoms with Gasteiger partial charge in [-0.15, -0.1) is 0 Å². The molecular formula is C9H14N2O3. The second kappa shape index (κ2) is 3.08. The first-order valence-corrected chi connectivity index (χ1v) is 4.44. The second-order valence-corrected chi connectivity index (χ2v) is 4.36. The number of barbiturate groups is 1. The van der Waals surface area contributed by atoms with E-state index in [4.69, 9.17) is 0 Å². The van der Waals surface area contributed by atoms with Crippen molar-refractivity contribution in [1.82, 2.24) is 10.2 Å². The molecule has 5 heteroatoms. The van der Waals surface area contributed by atoms with Gasteiger partial charge in [-0.25, -0.2) is 4.79 Å². The summed E-state index contributed by atoms with van der Waals surface area (Å²) in [6.07, 6.45) is 0. The molecule has 1 fully saturated rings. The molecule has 0 aromatic carbocycles. The molecule has 0 aromatic heterocycles. The molecule has 14 heavy (non-hydrogen) atoms. The van der Waals surface area contributed by atoms with E-state index in [9.17, 15) is 14.4 Å². The lowest BCUT2D eigenvalue weighted by atomic mass is 10.0. The minimum Gasteiger partial charge on any atom is -0.277 e. The zero-order valence-electron chi connectivity index (χ0n) is 8.75. The molecule has 78 valence electrons. The van der Waals surface area contributed by atoms with Crippen LogP contribution >= 0.6 is 0 Å². The molecule has 0 aliphatic carbocycles. The fourth-order valence-electron chi connectivity index (χ4n) is 1.31. The lowest BCUT2D eigenvalue weighted by molar-refractivity contribution is -0.144. The minimum atomic E-state index is -0.785. The normalized spacial score (nSPS) is 23.9. The highest BCUT2D eigenvalue weighted by Gasteiger charge is 2.42. The molecule has 5 nitrogen and oxygen atoms in total. The van der Waals surface area contributed by atoms with Gasteiger partial charge in [-0.3, -0.25) is 19.8 Å². The Labute approximate surface area is 82.4 Å². The predicted molar refractivity (Wildman–Crippen MR) is 49.3 cm³/mol. The van der Waals surface area contributed by atoms with Gasteiger partial charge < -0.3 is 0 Å². The van der Waals surface area contributed by atoms with Gasteiger partial charge in [0.15, 0.2) is 0 Å². The summed E-state index contributed by atoms with van der Waals surface area (Å²) in [5.74, 6) is -1.75. The quantitative estimate of drug-likeness (QED) is 0.576. The number of hydrogen-bond donors (Lipinski definition) is 1. The Hall–Kier alpha value is -1.39.